The normalized spacial score (nSPS) is 14.6. The van der Waals surface area contributed by atoms with Gasteiger partial charge >= 0.3 is 0 Å². The van der Waals surface area contributed by atoms with Crippen LogP contribution in [-0.2, 0) is 20.0 Å². The molecule has 0 bridgehead atoms. The summed E-state index contributed by atoms with van der Waals surface area (Å²) in [6.07, 6.45) is 5.63. The Morgan fingerprint density at radius 3 is 2.82 bits per heavy atom. The van der Waals surface area contributed by atoms with Crippen LogP contribution in [0.1, 0.15) is 43.9 Å². The average Bonchev–Trinajstić information content (AvgIpc) is 3.03. The molecule has 0 unspecified atom stereocenters. The highest BCUT2D eigenvalue weighted by Gasteiger charge is 2.15. The van der Waals surface area contributed by atoms with Gasteiger partial charge in [0.05, 0.1) is 5.69 Å². The summed E-state index contributed by atoms with van der Waals surface area (Å²) in [6.45, 7) is 4.97. The number of benzene rings is 1. The van der Waals surface area contributed by atoms with Crippen molar-refractivity contribution < 1.29 is 0 Å². The summed E-state index contributed by atoms with van der Waals surface area (Å²) in [7, 11) is 1.79. The topological polar surface area (TPSA) is 78.8 Å². The number of hydrogen-bond donors (Lipinski definition) is 2. The maximum atomic E-state index is 12.5. The number of aromatic nitrogens is 4. The Hall–Kier alpha value is -2.83. The smallest absolute Gasteiger partial charge is 0.278 e. The Morgan fingerprint density at radius 2 is 2.04 bits per heavy atom. The van der Waals surface area contributed by atoms with Crippen molar-refractivity contribution in [1.82, 2.24) is 19.7 Å². The first-order chi connectivity index (χ1) is 13.7. The van der Waals surface area contributed by atoms with Gasteiger partial charge < -0.3 is 10.2 Å². The third kappa shape index (κ3) is 3.74. The molecular weight excluding hydrogens is 352 g/mol. The molecule has 0 amide bonds. The predicted molar refractivity (Wildman–Crippen MR) is 113 cm³/mol. The van der Waals surface area contributed by atoms with Crippen molar-refractivity contribution in [1.29, 1.82) is 0 Å². The molecule has 0 aliphatic carbocycles. The molecule has 4 rings (SSSR count). The summed E-state index contributed by atoms with van der Waals surface area (Å²) in [4.78, 5) is 22.4. The Kier molecular flexibility index (Phi) is 5.32. The fourth-order valence-corrected chi connectivity index (χ4v) is 3.94. The molecule has 1 saturated heterocycles. The molecule has 2 N–H and O–H groups in total. The lowest BCUT2D eigenvalue weighted by Crippen LogP contribution is -2.29. The molecule has 1 fully saturated rings. The summed E-state index contributed by atoms with van der Waals surface area (Å²) < 4.78 is 1.62. The predicted octanol–water partition coefficient (Wildman–Crippen LogP) is 3.21. The molecule has 0 saturated carbocycles. The van der Waals surface area contributed by atoms with Crippen LogP contribution in [0.4, 0.5) is 11.6 Å². The maximum absolute atomic E-state index is 12.5. The van der Waals surface area contributed by atoms with Crippen molar-refractivity contribution in [2.45, 2.75) is 45.6 Å². The second kappa shape index (κ2) is 8.04. The third-order valence-corrected chi connectivity index (χ3v) is 5.34. The van der Waals surface area contributed by atoms with Crippen LogP contribution in [0.3, 0.4) is 0 Å². The van der Waals surface area contributed by atoms with E-state index in [-0.39, 0.29) is 5.56 Å². The number of rotatable bonds is 6. The van der Waals surface area contributed by atoms with Gasteiger partial charge in [-0.2, -0.15) is 5.10 Å². The van der Waals surface area contributed by atoms with E-state index in [0.29, 0.717) is 23.5 Å². The molecule has 28 heavy (non-hydrogen) atoms. The first-order valence-electron chi connectivity index (χ1n) is 10.2. The van der Waals surface area contributed by atoms with Gasteiger partial charge in [-0.3, -0.25) is 14.5 Å². The Balaban J connectivity index is 1.54. The highest BCUT2D eigenvalue weighted by atomic mass is 16.1. The minimum atomic E-state index is -0.160. The van der Waals surface area contributed by atoms with Gasteiger partial charge in [-0.1, -0.05) is 25.5 Å². The molecule has 0 atom stereocenters. The number of nitrogens with one attached hydrogen (secondary N) is 2. The number of nitrogens with zero attached hydrogens (tertiary/aromatic N) is 4. The molecule has 148 valence electrons. The average molecular weight is 380 g/mol. The third-order valence-electron chi connectivity index (χ3n) is 5.34. The molecule has 0 spiro atoms. The minimum absolute atomic E-state index is 0.160. The fraction of sp³-hybridized carbons (Fsp3) is 0.476. The van der Waals surface area contributed by atoms with Crippen molar-refractivity contribution in [3.63, 3.8) is 0 Å². The highest BCUT2D eigenvalue weighted by molar-refractivity contribution is 5.77. The summed E-state index contributed by atoms with van der Waals surface area (Å²) in [6, 6.07) is 8.60. The molecular formula is C21H28N6O. The Morgan fingerprint density at radius 1 is 1.21 bits per heavy atom. The van der Waals surface area contributed by atoms with E-state index in [9.17, 15) is 4.79 Å². The lowest BCUT2D eigenvalue weighted by Gasteiger charge is -2.29. The monoisotopic (exact) mass is 380 g/mol. The van der Waals surface area contributed by atoms with E-state index in [1.165, 1.54) is 30.5 Å². The number of aryl methyl sites for hydroxylation is 2. The van der Waals surface area contributed by atoms with Crippen LogP contribution in [-0.4, -0.2) is 32.8 Å². The van der Waals surface area contributed by atoms with Gasteiger partial charge in [-0.05, 0) is 43.4 Å². The van der Waals surface area contributed by atoms with Crippen molar-refractivity contribution in [2.24, 2.45) is 7.05 Å². The molecule has 3 heterocycles. The minimum Gasteiger partial charge on any atom is -0.372 e. The fourth-order valence-electron chi connectivity index (χ4n) is 3.94. The molecule has 1 aromatic carbocycles. The Bertz CT molecular complexity index is 1020. The number of aromatic amines is 1. The van der Waals surface area contributed by atoms with E-state index in [2.05, 4.69) is 56.5 Å². The summed E-state index contributed by atoms with van der Waals surface area (Å²) in [5.41, 5.74) is 4.38. The van der Waals surface area contributed by atoms with Gasteiger partial charge in [-0.25, -0.2) is 4.98 Å². The van der Waals surface area contributed by atoms with Gasteiger partial charge in [0.2, 0.25) is 5.95 Å². The number of anilines is 2. The lowest BCUT2D eigenvalue weighted by atomic mass is 10.1. The second-order valence-corrected chi connectivity index (χ2v) is 7.50. The van der Waals surface area contributed by atoms with Crippen LogP contribution in [0.25, 0.3) is 11.0 Å². The first kappa shape index (κ1) is 18.5. The molecule has 7 heteroatoms. The van der Waals surface area contributed by atoms with Crippen LogP contribution in [0.15, 0.2) is 29.1 Å². The molecule has 1 aliphatic rings. The van der Waals surface area contributed by atoms with Gasteiger partial charge in [0.1, 0.15) is 5.52 Å². The second-order valence-electron chi connectivity index (χ2n) is 7.50. The van der Waals surface area contributed by atoms with Gasteiger partial charge in [0.25, 0.3) is 5.56 Å². The van der Waals surface area contributed by atoms with Crippen molar-refractivity contribution in [3.8, 4) is 0 Å². The molecule has 0 radical (unpaired) electrons. The SMILES string of the molecule is CCCc1nn(C)c2c(=O)[nH]c(NCc3cccc(N4CCCCC4)c3)nc12. The van der Waals surface area contributed by atoms with Crippen LogP contribution in [0.2, 0.25) is 0 Å². The largest absolute Gasteiger partial charge is 0.372 e. The zero-order valence-electron chi connectivity index (χ0n) is 16.7. The van der Waals surface area contributed by atoms with Crippen molar-refractivity contribution in [2.75, 3.05) is 23.3 Å². The number of H-pyrrole nitrogens is 1. The van der Waals surface area contributed by atoms with Crippen LogP contribution in [0, 0.1) is 0 Å². The van der Waals surface area contributed by atoms with Crippen molar-refractivity contribution in [3.05, 3.63) is 45.9 Å². The highest BCUT2D eigenvalue weighted by Crippen LogP contribution is 2.21. The molecule has 7 nitrogen and oxygen atoms in total. The van der Waals surface area contributed by atoms with E-state index in [4.69, 9.17) is 0 Å². The summed E-state index contributed by atoms with van der Waals surface area (Å²) in [5.74, 6) is 0.492. The lowest BCUT2D eigenvalue weighted by molar-refractivity contribution is 0.578. The Labute approximate surface area is 164 Å². The standard InChI is InChI=1S/C21H28N6O/c1-3-8-17-18-19(26(2)25-17)20(28)24-21(23-18)22-14-15-9-7-10-16(13-15)27-11-5-4-6-12-27/h7,9-10,13H,3-6,8,11-12,14H2,1-2H3,(H2,22,23,24,28). The zero-order chi connectivity index (χ0) is 19.5. The van der Waals surface area contributed by atoms with Gasteiger partial charge in [0, 0.05) is 32.4 Å². The summed E-state index contributed by atoms with van der Waals surface area (Å²) in [5, 5.41) is 7.74. The van der Waals surface area contributed by atoms with Crippen molar-refractivity contribution >= 4 is 22.7 Å². The first-order valence-corrected chi connectivity index (χ1v) is 10.2. The molecule has 1 aliphatic heterocycles. The van der Waals surface area contributed by atoms with Crippen LogP contribution >= 0.6 is 0 Å². The molecule has 2 aromatic heterocycles. The maximum Gasteiger partial charge on any atom is 0.278 e. The van der Waals surface area contributed by atoms with Crippen LogP contribution < -0.4 is 15.8 Å². The van der Waals surface area contributed by atoms with E-state index in [0.717, 1.165) is 31.6 Å². The summed E-state index contributed by atoms with van der Waals surface area (Å²) >= 11 is 0. The molecule has 3 aromatic rings. The van der Waals surface area contributed by atoms with Crippen LogP contribution in [0.5, 0.6) is 0 Å². The van der Waals surface area contributed by atoms with E-state index < -0.39 is 0 Å². The van der Waals surface area contributed by atoms with Gasteiger partial charge in [0.15, 0.2) is 5.52 Å². The quantitative estimate of drug-likeness (QED) is 0.686. The van der Waals surface area contributed by atoms with E-state index >= 15 is 0 Å². The van der Waals surface area contributed by atoms with E-state index in [1.807, 2.05) is 0 Å². The van der Waals surface area contributed by atoms with E-state index in [1.54, 1.807) is 11.7 Å². The number of fused-ring (bicyclic) bond motifs is 1. The zero-order valence-corrected chi connectivity index (χ0v) is 16.7. The number of piperidine rings is 1. The number of hydrogen-bond acceptors (Lipinski definition) is 5. The van der Waals surface area contributed by atoms with Gasteiger partial charge in [-0.15, -0.1) is 0 Å².